The lowest BCUT2D eigenvalue weighted by molar-refractivity contribution is 0.0786. The summed E-state index contributed by atoms with van der Waals surface area (Å²) in [5.74, 6) is -0.140. The highest BCUT2D eigenvalue weighted by Crippen LogP contribution is 2.16. The van der Waals surface area contributed by atoms with E-state index in [4.69, 9.17) is 0 Å². The Morgan fingerprint density at radius 3 is 2.50 bits per heavy atom. The lowest BCUT2D eigenvalue weighted by Gasteiger charge is -2.19. The molecule has 1 aromatic heterocycles. The van der Waals surface area contributed by atoms with Gasteiger partial charge in [-0.3, -0.25) is 9.59 Å². The third kappa shape index (κ3) is 3.03. The molecule has 2 aromatic rings. The first-order valence-electron chi connectivity index (χ1n) is 7.74. The van der Waals surface area contributed by atoms with Gasteiger partial charge in [0.2, 0.25) is 0 Å². The van der Waals surface area contributed by atoms with E-state index in [2.05, 4.69) is 12.0 Å². The van der Waals surface area contributed by atoms with Crippen molar-refractivity contribution in [3.05, 3.63) is 40.3 Å². The molecule has 0 aliphatic heterocycles. The monoisotopic (exact) mass is 301 g/mol. The van der Waals surface area contributed by atoms with Crippen LogP contribution in [0, 0.1) is 0 Å². The first-order chi connectivity index (χ1) is 10.5. The number of hydrogen-bond acceptors (Lipinski definition) is 3. The van der Waals surface area contributed by atoms with Crippen molar-refractivity contribution in [2.75, 3.05) is 13.6 Å². The number of nitrogens with zero attached hydrogens (tertiary/aromatic N) is 3. The van der Waals surface area contributed by atoms with Gasteiger partial charge in [-0.25, -0.2) is 4.68 Å². The minimum absolute atomic E-state index is 0.0930. The lowest BCUT2D eigenvalue weighted by Crippen LogP contribution is -2.33. The molecule has 0 aliphatic rings. The summed E-state index contributed by atoms with van der Waals surface area (Å²) >= 11 is 0. The maximum atomic E-state index is 12.7. The Labute approximate surface area is 130 Å². The Balaban J connectivity index is 2.60. The van der Waals surface area contributed by atoms with Gasteiger partial charge in [0.15, 0.2) is 5.69 Å². The predicted octanol–water partition coefficient (Wildman–Crippen LogP) is 2.85. The number of hydrogen-bond donors (Lipinski definition) is 0. The molecular weight excluding hydrogens is 278 g/mol. The van der Waals surface area contributed by atoms with Crippen molar-refractivity contribution in [3.8, 4) is 0 Å². The van der Waals surface area contributed by atoms with E-state index in [-0.39, 0.29) is 17.5 Å². The summed E-state index contributed by atoms with van der Waals surface area (Å²) in [6.45, 7) is 6.55. The van der Waals surface area contributed by atoms with Crippen LogP contribution in [0.25, 0.3) is 10.8 Å². The second-order valence-corrected chi connectivity index (χ2v) is 5.82. The van der Waals surface area contributed by atoms with E-state index in [9.17, 15) is 9.59 Å². The lowest BCUT2D eigenvalue weighted by atomic mass is 10.1. The number of carbonyl (C=O) groups is 1. The van der Waals surface area contributed by atoms with Crippen LogP contribution in [-0.2, 0) is 0 Å². The Kier molecular flexibility index (Phi) is 4.96. The molecule has 118 valence electrons. The second kappa shape index (κ2) is 6.73. The number of benzene rings is 1. The third-order valence-corrected chi connectivity index (χ3v) is 3.71. The summed E-state index contributed by atoms with van der Waals surface area (Å²) in [7, 11) is 1.78. The third-order valence-electron chi connectivity index (χ3n) is 3.71. The Morgan fingerprint density at radius 1 is 1.27 bits per heavy atom. The van der Waals surface area contributed by atoms with Crippen molar-refractivity contribution in [1.29, 1.82) is 0 Å². The molecule has 0 saturated heterocycles. The van der Waals surface area contributed by atoms with Crippen molar-refractivity contribution >= 4 is 16.7 Å². The smallest absolute Gasteiger partial charge is 0.274 e. The van der Waals surface area contributed by atoms with E-state index in [0.29, 0.717) is 23.0 Å². The van der Waals surface area contributed by atoms with Crippen LogP contribution >= 0.6 is 0 Å². The van der Waals surface area contributed by atoms with Crippen LogP contribution in [0.3, 0.4) is 0 Å². The van der Waals surface area contributed by atoms with Crippen LogP contribution in [-0.4, -0.2) is 34.2 Å². The van der Waals surface area contributed by atoms with Crippen LogP contribution in [0.15, 0.2) is 29.1 Å². The fourth-order valence-corrected chi connectivity index (χ4v) is 2.39. The van der Waals surface area contributed by atoms with Crippen LogP contribution in [0.4, 0.5) is 0 Å². The molecule has 1 heterocycles. The highest BCUT2D eigenvalue weighted by Gasteiger charge is 2.20. The van der Waals surface area contributed by atoms with Crippen molar-refractivity contribution in [2.24, 2.45) is 0 Å². The van der Waals surface area contributed by atoms with Crippen molar-refractivity contribution in [3.63, 3.8) is 0 Å². The Morgan fingerprint density at radius 2 is 1.91 bits per heavy atom. The molecule has 0 spiro atoms. The Bertz CT molecular complexity index is 734. The topological polar surface area (TPSA) is 55.2 Å². The molecule has 5 nitrogen and oxygen atoms in total. The molecule has 0 fully saturated rings. The molecule has 22 heavy (non-hydrogen) atoms. The van der Waals surface area contributed by atoms with E-state index in [1.165, 1.54) is 4.68 Å². The number of fused-ring (bicyclic) bond motifs is 1. The van der Waals surface area contributed by atoms with Gasteiger partial charge in [-0.15, -0.1) is 0 Å². The van der Waals surface area contributed by atoms with Gasteiger partial charge in [-0.05, 0) is 26.3 Å². The number of amides is 1. The van der Waals surface area contributed by atoms with E-state index in [0.717, 1.165) is 12.8 Å². The average Bonchev–Trinajstić information content (AvgIpc) is 2.52. The van der Waals surface area contributed by atoms with Crippen LogP contribution in [0.5, 0.6) is 0 Å². The number of unbranched alkanes of at least 4 members (excludes halogenated alkanes) is 1. The summed E-state index contributed by atoms with van der Waals surface area (Å²) < 4.78 is 1.39. The van der Waals surface area contributed by atoms with Gasteiger partial charge in [0.25, 0.3) is 11.5 Å². The Hall–Kier alpha value is -2.17. The largest absolute Gasteiger partial charge is 0.340 e. The van der Waals surface area contributed by atoms with Gasteiger partial charge in [0, 0.05) is 19.0 Å². The molecule has 1 aromatic carbocycles. The van der Waals surface area contributed by atoms with Crippen LogP contribution < -0.4 is 5.56 Å². The summed E-state index contributed by atoms with van der Waals surface area (Å²) in [5.41, 5.74) is 0.195. The number of carbonyl (C=O) groups excluding carboxylic acids is 1. The minimum atomic E-state index is -0.154. The standard InChI is InChI=1S/C17H23N3O2/c1-5-6-11-19(4)17(22)15-13-9-7-8-10-14(13)16(21)20(18-15)12(2)3/h7-10,12H,5-6,11H2,1-4H3. The zero-order chi connectivity index (χ0) is 16.3. The maximum Gasteiger partial charge on any atom is 0.274 e. The molecule has 0 saturated carbocycles. The van der Waals surface area contributed by atoms with Gasteiger partial charge in [0.05, 0.1) is 11.4 Å². The molecule has 0 aliphatic carbocycles. The van der Waals surface area contributed by atoms with Crippen LogP contribution in [0.2, 0.25) is 0 Å². The van der Waals surface area contributed by atoms with Crippen molar-refractivity contribution in [2.45, 2.75) is 39.7 Å². The van der Waals surface area contributed by atoms with E-state index < -0.39 is 0 Å². The highest BCUT2D eigenvalue weighted by atomic mass is 16.2. The maximum absolute atomic E-state index is 12.7. The number of rotatable bonds is 5. The normalized spacial score (nSPS) is 11.1. The molecular formula is C17H23N3O2. The van der Waals surface area contributed by atoms with Gasteiger partial charge in [-0.2, -0.15) is 5.10 Å². The molecule has 1 amide bonds. The summed E-state index contributed by atoms with van der Waals surface area (Å²) in [5, 5.41) is 5.51. The second-order valence-electron chi connectivity index (χ2n) is 5.82. The first kappa shape index (κ1) is 16.2. The predicted molar refractivity (Wildman–Crippen MR) is 88.3 cm³/mol. The molecule has 2 rings (SSSR count). The minimum Gasteiger partial charge on any atom is -0.340 e. The summed E-state index contributed by atoms with van der Waals surface area (Å²) in [6.07, 6.45) is 1.97. The molecule has 0 unspecified atom stereocenters. The zero-order valence-electron chi connectivity index (χ0n) is 13.7. The molecule has 0 radical (unpaired) electrons. The van der Waals surface area contributed by atoms with Gasteiger partial charge >= 0.3 is 0 Å². The summed E-state index contributed by atoms with van der Waals surface area (Å²) in [4.78, 5) is 26.8. The van der Waals surface area contributed by atoms with E-state index in [1.54, 1.807) is 24.1 Å². The average molecular weight is 301 g/mol. The van der Waals surface area contributed by atoms with Gasteiger partial charge in [0.1, 0.15) is 0 Å². The van der Waals surface area contributed by atoms with Crippen LogP contribution in [0.1, 0.15) is 50.1 Å². The fraction of sp³-hybridized carbons (Fsp3) is 0.471. The molecule has 0 atom stereocenters. The van der Waals surface area contributed by atoms with E-state index in [1.807, 2.05) is 26.0 Å². The van der Waals surface area contributed by atoms with Crippen molar-refractivity contribution < 1.29 is 4.79 Å². The number of aromatic nitrogens is 2. The van der Waals surface area contributed by atoms with E-state index >= 15 is 0 Å². The van der Waals surface area contributed by atoms with Crippen molar-refractivity contribution in [1.82, 2.24) is 14.7 Å². The quantitative estimate of drug-likeness (QED) is 0.853. The first-order valence-corrected chi connectivity index (χ1v) is 7.74. The molecule has 0 N–H and O–H groups in total. The fourth-order valence-electron chi connectivity index (χ4n) is 2.39. The summed E-state index contributed by atoms with van der Waals surface area (Å²) in [6, 6.07) is 7.08. The zero-order valence-corrected chi connectivity index (χ0v) is 13.7. The molecule has 0 bridgehead atoms. The highest BCUT2D eigenvalue weighted by molar-refractivity contribution is 6.04. The van der Waals surface area contributed by atoms with Gasteiger partial charge < -0.3 is 4.90 Å². The SMILES string of the molecule is CCCCN(C)C(=O)c1nn(C(C)C)c(=O)c2ccccc12. The molecule has 5 heteroatoms. The van der Waals surface area contributed by atoms with Gasteiger partial charge in [-0.1, -0.05) is 31.5 Å².